The van der Waals surface area contributed by atoms with E-state index in [1.807, 2.05) is 46.3 Å². The SMILES string of the molecule is O=C(CC(c1ccc(F)cc1)c1c[nH]c2ccccc12)N1CCN(c2ccccc2F)CC1. The molecule has 4 nitrogen and oxygen atoms in total. The molecule has 0 radical (unpaired) electrons. The summed E-state index contributed by atoms with van der Waals surface area (Å²) in [5.74, 6) is -0.693. The van der Waals surface area contributed by atoms with E-state index >= 15 is 0 Å². The molecule has 1 N–H and O–H groups in total. The van der Waals surface area contributed by atoms with Crippen molar-refractivity contribution in [1.82, 2.24) is 9.88 Å². The van der Waals surface area contributed by atoms with E-state index in [2.05, 4.69) is 4.98 Å². The molecule has 1 aromatic heterocycles. The van der Waals surface area contributed by atoms with Crippen LogP contribution in [0.1, 0.15) is 23.5 Å². The van der Waals surface area contributed by atoms with Crippen molar-refractivity contribution in [3.8, 4) is 0 Å². The highest BCUT2D eigenvalue weighted by Gasteiger charge is 2.27. The quantitative estimate of drug-likeness (QED) is 0.452. The Kier molecular flexibility index (Phi) is 5.82. The normalized spacial score (nSPS) is 15.1. The minimum atomic E-state index is -0.299. The second kappa shape index (κ2) is 9.06. The molecule has 3 aromatic carbocycles. The molecule has 0 aliphatic carbocycles. The maximum absolute atomic E-state index is 14.2. The average Bonchev–Trinajstić information content (AvgIpc) is 3.27. The summed E-state index contributed by atoms with van der Waals surface area (Å²) in [5, 5.41) is 1.06. The Balaban J connectivity index is 1.36. The monoisotopic (exact) mass is 445 g/mol. The topological polar surface area (TPSA) is 39.3 Å². The number of para-hydroxylation sites is 2. The van der Waals surface area contributed by atoms with Gasteiger partial charge >= 0.3 is 0 Å². The minimum absolute atomic E-state index is 0.0442. The Hall–Kier alpha value is -3.67. The fraction of sp³-hybridized carbons (Fsp3) is 0.222. The van der Waals surface area contributed by atoms with Crippen molar-refractivity contribution in [3.63, 3.8) is 0 Å². The minimum Gasteiger partial charge on any atom is -0.366 e. The number of rotatable bonds is 5. The number of H-pyrrole nitrogens is 1. The van der Waals surface area contributed by atoms with Crippen LogP contribution in [0.4, 0.5) is 14.5 Å². The molecule has 1 aliphatic rings. The number of hydrogen-bond donors (Lipinski definition) is 1. The van der Waals surface area contributed by atoms with Gasteiger partial charge in [0.2, 0.25) is 5.91 Å². The summed E-state index contributed by atoms with van der Waals surface area (Å²) in [5.41, 5.74) is 3.51. The summed E-state index contributed by atoms with van der Waals surface area (Å²) in [6.07, 6.45) is 2.23. The van der Waals surface area contributed by atoms with E-state index in [0.29, 0.717) is 31.9 Å². The highest BCUT2D eigenvalue weighted by atomic mass is 19.1. The van der Waals surface area contributed by atoms with Crippen LogP contribution in [-0.2, 0) is 4.79 Å². The molecule has 1 unspecified atom stereocenters. The number of amides is 1. The number of aromatic nitrogens is 1. The zero-order valence-corrected chi connectivity index (χ0v) is 18.2. The highest BCUT2D eigenvalue weighted by molar-refractivity contribution is 5.86. The van der Waals surface area contributed by atoms with E-state index in [-0.39, 0.29) is 29.9 Å². The van der Waals surface area contributed by atoms with Gasteiger partial charge in [-0.1, -0.05) is 42.5 Å². The van der Waals surface area contributed by atoms with Crippen molar-refractivity contribution in [1.29, 1.82) is 0 Å². The van der Waals surface area contributed by atoms with Crippen molar-refractivity contribution in [3.05, 3.63) is 102 Å². The number of nitrogens with zero attached hydrogens (tertiary/aromatic N) is 2. The first-order valence-corrected chi connectivity index (χ1v) is 11.2. The Morgan fingerprint density at radius 1 is 0.879 bits per heavy atom. The Labute approximate surface area is 191 Å². The van der Waals surface area contributed by atoms with Gasteiger partial charge in [-0.2, -0.15) is 0 Å². The van der Waals surface area contributed by atoms with E-state index in [1.54, 1.807) is 24.3 Å². The standard InChI is InChI=1S/C27H25F2N3O/c28-20-11-9-19(10-12-20)22(23-18-30-25-7-3-1-5-21(23)25)17-27(33)32-15-13-31(14-16-32)26-8-4-2-6-24(26)29/h1-12,18,22,30H,13-17H2. The van der Waals surface area contributed by atoms with Gasteiger partial charge in [-0.15, -0.1) is 0 Å². The van der Waals surface area contributed by atoms with Crippen LogP contribution >= 0.6 is 0 Å². The predicted molar refractivity (Wildman–Crippen MR) is 126 cm³/mol. The molecule has 4 aromatic rings. The number of benzene rings is 3. The third-order valence-electron chi connectivity index (χ3n) is 6.47. The van der Waals surface area contributed by atoms with Crippen molar-refractivity contribution < 1.29 is 13.6 Å². The van der Waals surface area contributed by atoms with Crippen molar-refractivity contribution >= 4 is 22.5 Å². The molecule has 2 heterocycles. The Bertz CT molecular complexity index is 1260. The number of carbonyl (C=O) groups is 1. The van der Waals surface area contributed by atoms with Gasteiger partial charge in [-0.05, 0) is 41.5 Å². The van der Waals surface area contributed by atoms with E-state index in [0.717, 1.165) is 22.0 Å². The highest BCUT2D eigenvalue weighted by Crippen LogP contribution is 2.34. The van der Waals surface area contributed by atoms with Gasteiger partial charge in [0.1, 0.15) is 11.6 Å². The summed E-state index contributed by atoms with van der Waals surface area (Å²) in [6.45, 7) is 2.25. The molecule has 0 bridgehead atoms. The maximum Gasteiger partial charge on any atom is 0.223 e. The smallest absolute Gasteiger partial charge is 0.223 e. The number of nitrogens with one attached hydrogen (secondary N) is 1. The van der Waals surface area contributed by atoms with Crippen LogP contribution in [0, 0.1) is 11.6 Å². The third-order valence-corrected chi connectivity index (χ3v) is 6.47. The molecule has 1 atom stereocenters. The van der Waals surface area contributed by atoms with E-state index in [1.165, 1.54) is 18.2 Å². The molecule has 0 spiro atoms. The van der Waals surface area contributed by atoms with Crippen molar-refractivity contribution in [2.45, 2.75) is 12.3 Å². The number of aromatic amines is 1. The number of fused-ring (bicyclic) bond motifs is 1. The lowest BCUT2D eigenvalue weighted by Gasteiger charge is -2.36. The zero-order valence-electron chi connectivity index (χ0n) is 18.2. The molecular weight excluding hydrogens is 420 g/mol. The second-order valence-electron chi connectivity index (χ2n) is 8.42. The summed E-state index contributed by atoms with van der Waals surface area (Å²) in [6, 6.07) is 21.1. The van der Waals surface area contributed by atoms with Crippen LogP contribution in [0.3, 0.4) is 0 Å². The fourth-order valence-electron chi connectivity index (χ4n) is 4.69. The average molecular weight is 446 g/mol. The van der Waals surface area contributed by atoms with Crippen LogP contribution in [-0.4, -0.2) is 42.0 Å². The van der Waals surface area contributed by atoms with Crippen molar-refractivity contribution in [2.24, 2.45) is 0 Å². The largest absolute Gasteiger partial charge is 0.366 e. The van der Waals surface area contributed by atoms with E-state index in [4.69, 9.17) is 0 Å². The lowest BCUT2D eigenvalue weighted by Crippen LogP contribution is -2.49. The van der Waals surface area contributed by atoms with E-state index in [9.17, 15) is 13.6 Å². The summed E-state index contributed by atoms with van der Waals surface area (Å²) in [4.78, 5) is 20.5. The summed E-state index contributed by atoms with van der Waals surface area (Å²) in [7, 11) is 0. The van der Waals surface area contributed by atoms with Gasteiger partial charge in [-0.3, -0.25) is 4.79 Å². The maximum atomic E-state index is 14.2. The van der Waals surface area contributed by atoms with Crippen LogP contribution < -0.4 is 4.90 Å². The number of carbonyl (C=O) groups excluding carboxylic acids is 1. The molecule has 1 amide bonds. The predicted octanol–water partition coefficient (Wildman–Crippen LogP) is 5.32. The molecule has 5 rings (SSSR count). The molecule has 1 saturated heterocycles. The van der Waals surface area contributed by atoms with Gasteiger partial charge < -0.3 is 14.8 Å². The van der Waals surface area contributed by atoms with Crippen LogP contribution in [0.15, 0.2) is 79.0 Å². The molecule has 1 fully saturated rings. The summed E-state index contributed by atoms with van der Waals surface area (Å²) >= 11 is 0. The number of piperazine rings is 1. The lowest BCUT2D eigenvalue weighted by molar-refractivity contribution is -0.131. The van der Waals surface area contributed by atoms with Crippen LogP contribution in [0.25, 0.3) is 10.9 Å². The first-order chi connectivity index (χ1) is 16.1. The van der Waals surface area contributed by atoms with Gasteiger partial charge in [0, 0.05) is 55.6 Å². The number of halogens is 2. The summed E-state index contributed by atoms with van der Waals surface area (Å²) < 4.78 is 27.7. The van der Waals surface area contributed by atoms with Gasteiger partial charge in [0.15, 0.2) is 0 Å². The molecule has 0 saturated carbocycles. The number of hydrogen-bond acceptors (Lipinski definition) is 2. The van der Waals surface area contributed by atoms with Gasteiger partial charge in [0.25, 0.3) is 0 Å². The second-order valence-corrected chi connectivity index (χ2v) is 8.42. The van der Waals surface area contributed by atoms with Gasteiger partial charge in [-0.25, -0.2) is 8.78 Å². The van der Waals surface area contributed by atoms with Crippen LogP contribution in [0.2, 0.25) is 0 Å². The van der Waals surface area contributed by atoms with Gasteiger partial charge in [0.05, 0.1) is 5.69 Å². The Morgan fingerprint density at radius 3 is 2.33 bits per heavy atom. The third kappa shape index (κ3) is 4.33. The fourth-order valence-corrected chi connectivity index (χ4v) is 4.69. The van der Waals surface area contributed by atoms with Crippen molar-refractivity contribution in [2.75, 3.05) is 31.1 Å². The van der Waals surface area contributed by atoms with E-state index < -0.39 is 0 Å². The first-order valence-electron chi connectivity index (χ1n) is 11.2. The number of anilines is 1. The molecular formula is C27H25F2N3O. The first kappa shape index (κ1) is 21.2. The van der Waals surface area contributed by atoms with Crippen LogP contribution in [0.5, 0.6) is 0 Å². The molecule has 6 heteroatoms. The zero-order chi connectivity index (χ0) is 22.8. The Morgan fingerprint density at radius 2 is 1.58 bits per heavy atom. The molecule has 33 heavy (non-hydrogen) atoms. The molecule has 1 aliphatic heterocycles. The lowest BCUT2D eigenvalue weighted by atomic mass is 9.87. The molecule has 168 valence electrons.